The van der Waals surface area contributed by atoms with Gasteiger partial charge in [-0.05, 0) is 23.8 Å². The maximum atomic E-state index is 12.4. The standard InChI is InChI=1S/C22H30N4O/c1-24(2)21-10-6-9-20(17-21)22(27)23-11-12-25-13-15-26(16-14-25)18-19-7-4-3-5-8-19/h3-10,17H,11-16,18H2,1-2H3,(H,23,27). The lowest BCUT2D eigenvalue weighted by atomic mass is 10.2. The maximum absolute atomic E-state index is 12.4. The molecule has 3 rings (SSSR count). The molecule has 144 valence electrons. The smallest absolute Gasteiger partial charge is 0.251 e. The van der Waals surface area contributed by atoms with Crippen molar-refractivity contribution in [2.24, 2.45) is 0 Å². The highest BCUT2D eigenvalue weighted by atomic mass is 16.1. The largest absolute Gasteiger partial charge is 0.378 e. The molecule has 1 amide bonds. The molecule has 0 spiro atoms. The Kier molecular flexibility index (Phi) is 6.85. The Morgan fingerprint density at radius 3 is 2.37 bits per heavy atom. The number of anilines is 1. The molecule has 0 aromatic heterocycles. The molecule has 0 atom stereocenters. The predicted octanol–water partition coefficient (Wildman–Crippen LogP) is 2.30. The molecule has 27 heavy (non-hydrogen) atoms. The Balaban J connectivity index is 1.38. The average Bonchev–Trinajstić information content (AvgIpc) is 2.70. The van der Waals surface area contributed by atoms with Gasteiger partial charge in [-0.3, -0.25) is 14.6 Å². The third-order valence-electron chi connectivity index (χ3n) is 5.05. The maximum Gasteiger partial charge on any atom is 0.251 e. The van der Waals surface area contributed by atoms with Crippen LogP contribution in [0.5, 0.6) is 0 Å². The van der Waals surface area contributed by atoms with Gasteiger partial charge in [0, 0.05) is 71.2 Å². The van der Waals surface area contributed by atoms with Crippen molar-refractivity contribution in [1.82, 2.24) is 15.1 Å². The number of carbonyl (C=O) groups excluding carboxylic acids is 1. The van der Waals surface area contributed by atoms with Crippen molar-refractivity contribution >= 4 is 11.6 Å². The third-order valence-corrected chi connectivity index (χ3v) is 5.05. The van der Waals surface area contributed by atoms with Gasteiger partial charge in [0.25, 0.3) is 5.91 Å². The Labute approximate surface area is 162 Å². The minimum atomic E-state index is 0.00131. The minimum Gasteiger partial charge on any atom is -0.378 e. The third kappa shape index (κ3) is 5.81. The van der Waals surface area contributed by atoms with Crippen molar-refractivity contribution in [2.45, 2.75) is 6.54 Å². The Hall–Kier alpha value is -2.37. The molecule has 1 aliphatic heterocycles. The quantitative estimate of drug-likeness (QED) is 0.816. The van der Waals surface area contributed by atoms with Crippen LogP contribution < -0.4 is 10.2 Å². The fourth-order valence-corrected chi connectivity index (χ4v) is 3.37. The SMILES string of the molecule is CN(C)c1cccc(C(=O)NCCN2CCN(Cc3ccccc3)CC2)c1. The van der Waals surface area contributed by atoms with Crippen LogP contribution in [0, 0.1) is 0 Å². The van der Waals surface area contributed by atoms with Crippen LogP contribution in [0.1, 0.15) is 15.9 Å². The normalized spacial score (nSPS) is 15.5. The summed E-state index contributed by atoms with van der Waals surface area (Å²) >= 11 is 0. The zero-order chi connectivity index (χ0) is 19.1. The van der Waals surface area contributed by atoms with Crippen LogP contribution in [0.2, 0.25) is 0 Å². The fourth-order valence-electron chi connectivity index (χ4n) is 3.37. The molecule has 2 aromatic rings. The summed E-state index contributed by atoms with van der Waals surface area (Å²) in [6.07, 6.45) is 0. The van der Waals surface area contributed by atoms with E-state index < -0.39 is 0 Å². The molecule has 0 saturated carbocycles. The Bertz CT molecular complexity index is 724. The summed E-state index contributed by atoms with van der Waals surface area (Å²) in [5, 5.41) is 3.05. The van der Waals surface area contributed by atoms with Crippen molar-refractivity contribution in [3.8, 4) is 0 Å². The number of amides is 1. The van der Waals surface area contributed by atoms with Gasteiger partial charge in [0.05, 0.1) is 0 Å². The summed E-state index contributed by atoms with van der Waals surface area (Å²) in [6.45, 7) is 6.87. The molecule has 0 radical (unpaired) electrons. The first kappa shape index (κ1) is 19.4. The summed E-state index contributed by atoms with van der Waals surface area (Å²) in [7, 11) is 3.96. The molecule has 1 saturated heterocycles. The molecule has 5 nitrogen and oxygen atoms in total. The van der Waals surface area contributed by atoms with Gasteiger partial charge >= 0.3 is 0 Å². The second kappa shape index (κ2) is 9.53. The lowest BCUT2D eigenvalue weighted by Crippen LogP contribution is -2.48. The van der Waals surface area contributed by atoms with Gasteiger partial charge < -0.3 is 10.2 Å². The monoisotopic (exact) mass is 366 g/mol. The molecule has 1 aliphatic rings. The highest BCUT2D eigenvalue weighted by molar-refractivity contribution is 5.95. The van der Waals surface area contributed by atoms with Crippen molar-refractivity contribution in [2.75, 3.05) is 58.3 Å². The Morgan fingerprint density at radius 2 is 1.67 bits per heavy atom. The molecule has 1 N–H and O–H groups in total. The summed E-state index contributed by atoms with van der Waals surface area (Å²) < 4.78 is 0. The van der Waals surface area contributed by atoms with Gasteiger partial charge in [0.15, 0.2) is 0 Å². The second-order valence-corrected chi connectivity index (χ2v) is 7.30. The molecule has 1 fully saturated rings. The van der Waals surface area contributed by atoms with Crippen LogP contribution in [0.4, 0.5) is 5.69 Å². The molecule has 5 heteroatoms. The molecule has 1 heterocycles. The second-order valence-electron chi connectivity index (χ2n) is 7.30. The van der Waals surface area contributed by atoms with E-state index in [9.17, 15) is 4.79 Å². The molecular weight excluding hydrogens is 336 g/mol. The van der Waals surface area contributed by atoms with Crippen LogP contribution >= 0.6 is 0 Å². The summed E-state index contributed by atoms with van der Waals surface area (Å²) in [5.74, 6) is 0.00131. The van der Waals surface area contributed by atoms with Gasteiger partial charge in [0.1, 0.15) is 0 Å². The van der Waals surface area contributed by atoms with E-state index in [-0.39, 0.29) is 5.91 Å². The van der Waals surface area contributed by atoms with E-state index in [1.165, 1.54) is 5.56 Å². The van der Waals surface area contributed by atoms with E-state index in [0.29, 0.717) is 12.1 Å². The summed E-state index contributed by atoms with van der Waals surface area (Å²) in [4.78, 5) is 19.3. The molecule has 0 aliphatic carbocycles. The van der Waals surface area contributed by atoms with Crippen molar-refractivity contribution in [1.29, 1.82) is 0 Å². The van der Waals surface area contributed by atoms with Gasteiger partial charge in [0.2, 0.25) is 0 Å². The van der Waals surface area contributed by atoms with E-state index in [1.807, 2.05) is 43.3 Å². The van der Waals surface area contributed by atoms with Gasteiger partial charge in [-0.2, -0.15) is 0 Å². The zero-order valence-electron chi connectivity index (χ0n) is 16.4. The van der Waals surface area contributed by atoms with Crippen LogP contribution in [0.25, 0.3) is 0 Å². The highest BCUT2D eigenvalue weighted by Gasteiger charge is 2.17. The zero-order valence-corrected chi connectivity index (χ0v) is 16.4. The number of nitrogens with zero attached hydrogens (tertiary/aromatic N) is 3. The van der Waals surface area contributed by atoms with Crippen LogP contribution in [-0.2, 0) is 6.54 Å². The lowest BCUT2D eigenvalue weighted by Gasteiger charge is -2.34. The van der Waals surface area contributed by atoms with Crippen molar-refractivity contribution in [3.63, 3.8) is 0 Å². The van der Waals surface area contributed by atoms with Crippen LogP contribution in [0.3, 0.4) is 0 Å². The molecule has 0 unspecified atom stereocenters. The first-order valence-electron chi connectivity index (χ1n) is 9.66. The number of nitrogens with one attached hydrogen (secondary N) is 1. The number of rotatable bonds is 7. The first-order valence-corrected chi connectivity index (χ1v) is 9.66. The first-order chi connectivity index (χ1) is 13.1. The van der Waals surface area contributed by atoms with E-state index in [4.69, 9.17) is 0 Å². The predicted molar refractivity (Wildman–Crippen MR) is 111 cm³/mol. The number of piperazine rings is 1. The van der Waals surface area contributed by atoms with E-state index in [1.54, 1.807) is 0 Å². The number of carbonyl (C=O) groups is 1. The van der Waals surface area contributed by atoms with E-state index in [0.717, 1.165) is 45.0 Å². The van der Waals surface area contributed by atoms with Crippen molar-refractivity contribution in [3.05, 3.63) is 65.7 Å². The van der Waals surface area contributed by atoms with Crippen LogP contribution in [-0.4, -0.2) is 69.1 Å². The molecular formula is C22H30N4O. The number of hydrogen-bond acceptors (Lipinski definition) is 4. The van der Waals surface area contributed by atoms with E-state index >= 15 is 0 Å². The van der Waals surface area contributed by atoms with Gasteiger partial charge in [-0.25, -0.2) is 0 Å². The minimum absolute atomic E-state index is 0.00131. The van der Waals surface area contributed by atoms with Crippen LogP contribution in [0.15, 0.2) is 54.6 Å². The highest BCUT2D eigenvalue weighted by Crippen LogP contribution is 2.13. The topological polar surface area (TPSA) is 38.8 Å². The fraction of sp³-hybridized carbons (Fsp3) is 0.409. The Morgan fingerprint density at radius 1 is 0.963 bits per heavy atom. The number of hydrogen-bond donors (Lipinski definition) is 1. The summed E-state index contributed by atoms with van der Waals surface area (Å²) in [6, 6.07) is 18.4. The summed E-state index contributed by atoms with van der Waals surface area (Å²) in [5.41, 5.74) is 3.13. The molecule has 2 aromatic carbocycles. The van der Waals surface area contributed by atoms with E-state index in [2.05, 4.69) is 45.4 Å². The van der Waals surface area contributed by atoms with Gasteiger partial charge in [-0.1, -0.05) is 36.4 Å². The number of benzene rings is 2. The molecule has 0 bridgehead atoms. The average molecular weight is 367 g/mol. The lowest BCUT2D eigenvalue weighted by molar-refractivity contribution is 0.0934. The van der Waals surface area contributed by atoms with Gasteiger partial charge in [-0.15, -0.1) is 0 Å². The van der Waals surface area contributed by atoms with Crippen molar-refractivity contribution < 1.29 is 4.79 Å².